The fourth-order valence-corrected chi connectivity index (χ4v) is 2.90. The second-order valence-electron chi connectivity index (χ2n) is 6.54. The van der Waals surface area contributed by atoms with Crippen LogP contribution in [0.5, 0.6) is 0 Å². The molecule has 1 fully saturated rings. The summed E-state index contributed by atoms with van der Waals surface area (Å²) in [6, 6.07) is 9.96. The van der Waals surface area contributed by atoms with Crippen molar-refractivity contribution >= 4 is 11.7 Å². The van der Waals surface area contributed by atoms with Gasteiger partial charge in [-0.3, -0.25) is 4.79 Å². The zero-order valence-electron chi connectivity index (χ0n) is 15.1. The minimum absolute atomic E-state index is 0.0503. The van der Waals surface area contributed by atoms with Gasteiger partial charge in [0.05, 0.1) is 24.8 Å². The Labute approximate surface area is 149 Å². The lowest BCUT2D eigenvalue weighted by atomic mass is 10.0. The summed E-state index contributed by atoms with van der Waals surface area (Å²) in [7, 11) is 0. The van der Waals surface area contributed by atoms with Gasteiger partial charge in [0, 0.05) is 19.3 Å². The fourth-order valence-electron chi connectivity index (χ4n) is 2.90. The monoisotopic (exact) mass is 339 g/mol. The molecule has 0 radical (unpaired) electrons. The molecule has 0 bridgehead atoms. The van der Waals surface area contributed by atoms with Crippen LogP contribution in [0.2, 0.25) is 0 Å². The first-order valence-corrected chi connectivity index (χ1v) is 8.71. The van der Waals surface area contributed by atoms with Crippen molar-refractivity contribution in [3.63, 3.8) is 0 Å². The average Bonchev–Trinajstić information content (AvgIpc) is 2.64. The second-order valence-corrected chi connectivity index (χ2v) is 6.54. The third kappa shape index (κ3) is 4.17. The number of anilines is 1. The molecular weight excluding hydrogens is 314 g/mol. The van der Waals surface area contributed by atoms with Crippen molar-refractivity contribution < 1.29 is 9.53 Å². The van der Waals surface area contributed by atoms with Crippen LogP contribution in [0.15, 0.2) is 36.5 Å². The molecule has 1 saturated heterocycles. The number of pyridine rings is 1. The highest BCUT2D eigenvalue weighted by atomic mass is 16.5. The van der Waals surface area contributed by atoms with Crippen molar-refractivity contribution in [1.82, 2.24) is 10.3 Å². The van der Waals surface area contributed by atoms with E-state index in [-0.39, 0.29) is 11.9 Å². The molecule has 1 aliphatic rings. The van der Waals surface area contributed by atoms with Gasteiger partial charge in [0.15, 0.2) is 0 Å². The maximum Gasteiger partial charge on any atom is 0.253 e. The maximum absolute atomic E-state index is 12.5. The Morgan fingerprint density at radius 3 is 2.56 bits per heavy atom. The molecule has 5 nitrogen and oxygen atoms in total. The molecule has 5 heteroatoms. The van der Waals surface area contributed by atoms with Gasteiger partial charge in [0.2, 0.25) is 0 Å². The predicted molar refractivity (Wildman–Crippen MR) is 99.1 cm³/mol. The molecule has 1 aliphatic heterocycles. The summed E-state index contributed by atoms with van der Waals surface area (Å²) in [5.74, 6) is 0.786. The third-order valence-corrected chi connectivity index (χ3v) is 4.72. The van der Waals surface area contributed by atoms with Crippen molar-refractivity contribution in [2.45, 2.75) is 26.8 Å². The van der Waals surface area contributed by atoms with E-state index in [2.05, 4.69) is 47.2 Å². The molecule has 1 aromatic heterocycles. The number of carbonyl (C=O) groups excluding carboxylic acids is 1. The number of morpholine rings is 1. The van der Waals surface area contributed by atoms with E-state index in [1.54, 1.807) is 6.20 Å². The van der Waals surface area contributed by atoms with Gasteiger partial charge in [-0.25, -0.2) is 4.98 Å². The Bertz CT molecular complexity index is 737. The number of hydrogen-bond donors (Lipinski definition) is 1. The molecule has 2 heterocycles. The topological polar surface area (TPSA) is 54.5 Å². The van der Waals surface area contributed by atoms with Crippen molar-refractivity contribution in [1.29, 1.82) is 0 Å². The van der Waals surface area contributed by atoms with Crippen molar-refractivity contribution in [2.75, 3.05) is 31.2 Å². The van der Waals surface area contributed by atoms with Gasteiger partial charge in [-0.15, -0.1) is 0 Å². The highest BCUT2D eigenvalue weighted by Gasteiger charge is 2.15. The molecule has 1 aromatic carbocycles. The molecule has 3 rings (SSSR count). The number of nitrogens with one attached hydrogen (secondary N) is 1. The van der Waals surface area contributed by atoms with Gasteiger partial charge >= 0.3 is 0 Å². The van der Waals surface area contributed by atoms with Crippen molar-refractivity contribution in [3.8, 4) is 0 Å². The number of hydrogen-bond acceptors (Lipinski definition) is 4. The molecule has 25 heavy (non-hydrogen) atoms. The molecule has 0 spiro atoms. The Hall–Kier alpha value is -2.40. The van der Waals surface area contributed by atoms with Crippen LogP contribution in [-0.2, 0) is 4.74 Å². The van der Waals surface area contributed by atoms with E-state index in [1.807, 2.05) is 19.1 Å². The zero-order chi connectivity index (χ0) is 17.8. The molecular formula is C20H25N3O2. The summed E-state index contributed by atoms with van der Waals surface area (Å²) in [6.07, 6.45) is 1.65. The van der Waals surface area contributed by atoms with Gasteiger partial charge < -0.3 is 15.0 Å². The number of rotatable bonds is 4. The lowest BCUT2D eigenvalue weighted by Crippen LogP contribution is -2.36. The normalized spacial score (nSPS) is 15.7. The van der Waals surface area contributed by atoms with Crippen LogP contribution in [0.4, 0.5) is 5.82 Å². The Balaban J connectivity index is 1.65. The summed E-state index contributed by atoms with van der Waals surface area (Å²) in [4.78, 5) is 19.1. The molecule has 1 atom stereocenters. The van der Waals surface area contributed by atoms with Crippen molar-refractivity contribution in [3.05, 3.63) is 58.8 Å². The summed E-state index contributed by atoms with van der Waals surface area (Å²) in [5, 5.41) is 3.05. The van der Waals surface area contributed by atoms with Crippen LogP contribution in [0.3, 0.4) is 0 Å². The van der Waals surface area contributed by atoms with Crippen LogP contribution in [0.1, 0.15) is 40.0 Å². The van der Waals surface area contributed by atoms with E-state index in [0.717, 1.165) is 37.7 Å². The van der Waals surface area contributed by atoms with Crippen LogP contribution < -0.4 is 10.2 Å². The van der Waals surface area contributed by atoms with Gasteiger partial charge in [-0.05, 0) is 49.6 Å². The van der Waals surface area contributed by atoms with Crippen LogP contribution in [0.25, 0.3) is 0 Å². The minimum atomic E-state index is -0.105. The van der Waals surface area contributed by atoms with E-state index < -0.39 is 0 Å². The lowest BCUT2D eigenvalue weighted by molar-refractivity contribution is 0.0939. The molecule has 2 aromatic rings. The van der Waals surface area contributed by atoms with E-state index in [9.17, 15) is 4.79 Å². The quantitative estimate of drug-likeness (QED) is 0.930. The Kier molecular flexibility index (Phi) is 5.34. The number of ether oxygens (including phenoxy) is 1. The first kappa shape index (κ1) is 17.4. The Morgan fingerprint density at radius 2 is 1.92 bits per heavy atom. The highest BCUT2D eigenvalue weighted by molar-refractivity contribution is 5.94. The third-order valence-electron chi connectivity index (χ3n) is 4.72. The first-order chi connectivity index (χ1) is 12.0. The summed E-state index contributed by atoms with van der Waals surface area (Å²) >= 11 is 0. The van der Waals surface area contributed by atoms with Gasteiger partial charge in [-0.1, -0.05) is 18.2 Å². The van der Waals surface area contributed by atoms with Gasteiger partial charge in [-0.2, -0.15) is 0 Å². The Morgan fingerprint density at radius 1 is 1.16 bits per heavy atom. The van der Waals surface area contributed by atoms with Gasteiger partial charge in [0.1, 0.15) is 5.82 Å². The zero-order valence-corrected chi connectivity index (χ0v) is 15.1. The number of carbonyl (C=O) groups is 1. The predicted octanol–water partition coefficient (Wildman–Crippen LogP) is 3.03. The lowest BCUT2D eigenvalue weighted by Gasteiger charge is -2.27. The van der Waals surface area contributed by atoms with Crippen LogP contribution in [0, 0.1) is 13.8 Å². The SMILES string of the molecule is Cc1ccc([C@@H](C)NC(=O)c2ccc(N3CCOCC3)nc2)cc1C. The highest BCUT2D eigenvalue weighted by Crippen LogP contribution is 2.18. The van der Waals surface area contributed by atoms with Crippen molar-refractivity contribution in [2.24, 2.45) is 0 Å². The maximum atomic E-state index is 12.5. The molecule has 0 unspecified atom stereocenters. The van der Waals surface area contributed by atoms with Crippen LogP contribution in [-0.4, -0.2) is 37.2 Å². The van der Waals surface area contributed by atoms with E-state index in [4.69, 9.17) is 4.74 Å². The number of amides is 1. The largest absolute Gasteiger partial charge is 0.378 e. The first-order valence-electron chi connectivity index (χ1n) is 8.71. The van der Waals surface area contributed by atoms with E-state index in [0.29, 0.717) is 5.56 Å². The molecule has 1 amide bonds. The van der Waals surface area contributed by atoms with E-state index in [1.165, 1.54) is 11.1 Å². The van der Waals surface area contributed by atoms with Crippen LogP contribution >= 0.6 is 0 Å². The fraction of sp³-hybridized carbons (Fsp3) is 0.400. The summed E-state index contributed by atoms with van der Waals surface area (Å²) in [5.41, 5.74) is 4.17. The van der Waals surface area contributed by atoms with Gasteiger partial charge in [0.25, 0.3) is 5.91 Å². The molecule has 132 valence electrons. The number of aromatic nitrogens is 1. The summed E-state index contributed by atoms with van der Waals surface area (Å²) in [6.45, 7) is 9.28. The minimum Gasteiger partial charge on any atom is -0.378 e. The number of nitrogens with zero attached hydrogens (tertiary/aromatic N) is 2. The smallest absolute Gasteiger partial charge is 0.253 e. The second kappa shape index (κ2) is 7.66. The molecule has 1 N–H and O–H groups in total. The molecule has 0 aliphatic carbocycles. The standard InChI is InChI=1S/C20H25N3O2/c1-14-4-5-17(12-15(14)2)16(3)22-20(24)18-6-7-19(21-13-18)23-8-10-25-11-9-23/h4-7,12-13,16H,8-11H2,1-3H3,(H,22,24)/t16-/m1/s1. The number of benzene rings is 1. The van der Waals surface area contributed by atoms with E-state index >= 15 is 0 Å². The summed E-state index contributed by atoms with van der Waals surface area (Å²) < 4.78 is 5.35. The molecule has 0 saturated carbocycles. The number of aryl methyl sites for hydroxylation is 2. The average molecular weight is 339 g/mol.